The predicted octanol–water partition coefficient (Wildman–Crippen LogP) is 2.50. The van der Waals surface area contributed by atoms with E-state index in [1.165, 1.54) is 0 Å². The average molecular weight is 239 g/mol. The third-order valence-electron chi connectivity index (χ3n) is 4.03. The summed E-state index contributed by atoms with van der Waals surface area (Å²) >= 11 is 0. The highest BCUT2D eigenvalue weighted by Gasteiger charge is 2.44. The van der Waals surface area contributed by atoms with Crippen molar-refractivity contribution in [3.8, 4) is 11.1 Å². The molecule has 2 heteroatoms. The van der Waals surface area contributed by atoms with Crippen LogP contribution in [0.2, 0.25) is 0 Å². The standard InChI is InChI=1S/C16H17NO/c1-11(10-17)16(18)14-8-4-2-6-12(14)13-7-3-5-9-15(13)16/h2-9,11,18H,10,17H2,1H3. The number of hydrogen-bond donors (Lipinski definition) is 2. The molecule has 0 aromatic heterocycles. The Morgan fingerprint density at radius 3 is 1.89 bits per heavy atom. The monoisotopic (exact) mass is 239 g/mol. The first-order valence-corrected chi connectivity index (χ1v) is 6.31. The summed E-state index contributed by atoms with van der Waals surface area (Å²) in [7, 11) is 0. The van der Waals surface area contributed by atoms with E-state index >= 15 is 0 Å². The zero-order valence-electron chi connectivity index (χ0n) is 10.4. The Balaban J connectivity index is 2.33. The quantitative estimate of drug-likeness (QED) is 0.845. The SMILES string of the molecule is CC(CN)C1(O)c2ccccc2-c2ccccc21. The van der Waals surface area contributed by atoms with Crippen molar-refractivity contribution in [3.05, 3.63) is 59.7 Å². The Labute approximate surface area is 107 Å². The normalized spacial score (nSPS) is 17.1. The van der Waals surface area contributed by atoms with Crippen molar-refractivity contribution < 1.29 is 5.11 Å². The molecular weight excluding hydrogens is 222 g/mol. The highest BCUT2D eigenvalue weighted by Crippen LogP contribution is 2.50. The van der Waals surface area contributed by atoms with Crippen molar-refractivity contribution >= 4 is 0 Å². The van der Waals surface area contributed by atoms with E-state index in [2.05, 4.69) is 12.1 Å². The maximum Gasteiger partial charge on any atom is 0.120 e. The first-order chi connectivity index (χ1) is 8.69. The molecule has 2 nitrogen and oxygen atoms in total. The number of nitrogens with two attached hydrogens (primary N) is 1. The first-order valence-electron chi connectivity index (χ1n) is 6.31. The molecule has 1 atom stereocenters. The summed E-state index contributed by atoms with van der Waals surface area (Å²) in [6, 6.07) is 16.1. The average Bonchev–Trinajstić information content (AvgIpc) is 2.70. The van der Waals surface area contributed by atoms with E-state index < -0.39 is 5.60 Å². The zero-order valence-corrected chi connectivity index (χ0v) is 10.4. The number of hydrogen-bond acceptors (Lipinski definition) is 2. The molecule has 0 amide bonds. The highest BCUT2D eigenvalue weighted by atomic mass is 16.3. The first kappa shape index (κ1) is 11.5. The van der Waals surface area contributed by atoms with Gasteiger partial charge < -0.3 is 10.8 Å². The Morgan fingerprint density at radius 1 is 1.00 bits per heavy atom. The lowest BCUT2D eigenvalue weighted by Gasteiger charge is -2.31. The molecule has 2 aromatic carbocycles. The van der Waals surface area contributed by atoms with E-state index in [0.29, 0.717) is 6.54 Å². The summed E-state index contributed by atoms with van der Waals surface area (Å²) < 4.78 is 0. The summed E-state index contributed by atoms with van der Waals surface area (Å²) in [5.74, 6) is -0.0118. The minimum absolute atomic E-state index is 0.0118. The summed E-state index contributed by atoms with van der Waals surface area (Å²) in [6.45, 7) is 2.46. The second-order valence-electron chi connectivity index (χ2n) is 4.99. The van der Waals surface area contributed by atoms with E-state index in [-0.39, 0.29) is 5.92 Å². The molecule has 92 valence electrons. The van der Waals surface area contributed by atoms with E-state index in [9.17, 15) is 5.11 Å². The van der Waals surface area contributed by atoms with Crippen LogP contribution in [0.15, 0.2) is 48.5 Å². The molecule has 0 spiro atoms. The second kappa shape index (κ2) is 3.94. The van der Waals surface area contributed by atoms with Gasteiger partial charge in [0.2, 0.25) is 0 Å². The Hall–Kier alpha value is -1.64. The molecule has 0 aliphatic heterocycles. The molecule has 0 saturated heterocycles. The minimum Gasteiger partial charge on any atom is -0.380 e. The van der Waals surface area contributed by atoms with Crippen molar-refractivity contribution in [2.24, 2.45) is 11.7 Å². The molecule has 3 rings (SSSR count). The Bertz CT molecular complexity index is 546. The van der Waals surface area contributed by atoms with Crippen LogP contribution >= 0.6 is 0 Å². The predicted molar refractivity (Wildman–Crippen MR) is 73.1 cm³/mol. The van der Waals surface area contributed by atoms with Crippen molar-refractivity contribution in [1.29, 1.82) is 0 Å². The van der Waals surface area contributed by atoms with Crippen molar-refractivity contribution in [2.75, 3.05) is 6.54 Å². The van der Waals surface area contributed by atoms with Gasteiger partial charge in [0.15, 0.2) is 0 Å². The number of aliphatic hydroxyl groups is 1. The summed E-state index contributed by atoms with van der Waals surface area (Å²) in [5.41, 5.74) is 9.03. The Kier molecular flexibility index (Phi) is 2.51. The largest absolute Gasteiger partial charge is 0.380 e. The van der Waals surface area contributed by atoms with Gasteiger partial charge in [0.25, 0.3) is 0 Å². The Morgan fingerprint density at radius 2 is 1.44 bits per heavy atom. The third kappa shape index (κ3) is 1.30. The van der Waals surface area contributed by atoms with Crippen LogP contribution in [0.25, 0.3) is 11.1 Å². The molecule has 0 saturated carbocycles. The van der Waals surface area contributed by atoms with E-state index in [1.807, 2.05) is 43.3 Å². The van der Waals surface area contributed by atoms with Gasteiger partial charge in [0, 0.05) is 5.92 Å². The van der Waals surface area contributed by atoms with Crippen LogP contribution < -0.4 is 5.73 Å². The van der Waals surface area contributed by atoms with E-state index in [1.54, 1.807) is 0 Å². The van der Waals surface area contributed by atoms with Crippen LogP contribution in [-0.4, -0.2) is 11.7 Å². The van der Waals surface area contributed by atoms with Crippen molar-refractivity contribution in [1.82, 2.24) is 0 Å². The van der Waals surface area contributed by atoms with E-state index in [0.717, 1.165) is 22.3 Å². The molecule has 1 unspecified atom stereocenters. The lowest BCUT2D eigenvalue weighted by Crippen LogP contribution is -2.37. The van der Waals surface area contributed by atoms with Gasteiger partial charge in [0.1, 0.15) is 5.60 Å². The van der Waals surface area contributed by atoms with Gasteiger partial charge in [-0.3, -0.25) is 0 Å². The van der Waals surface area contributed by atoms with Gasteiger partial charge in [-0.25, -0.2) is 0 Å². The van der Waals surface area contributed by atoms with Crippen LogP contribution in [0.5, 0.6) is 0 Å². The van der Waals surface area contributed by atoms with Gasteiger partial charge >= 0.3 is 0 Å². The smallest absolute Gasteiger partial charge is 0.120 e. The maximum absolute atomic E-state index is 11.2. The number of rotatable bonds is 2. The van der Waals surface area contributed by atoms with Crippen molar-refractivity contribution in [3.63, 3.8) is 0 Å². The maximum atomic E-state index is 11.2. The van der Waals surface area contributed by atoms with Crippen LogP contribution in [0.4, 0.5) is 0 Å². The molecule has 1 aliphatic rings. The van der Waals surface area contributed by atoms with Crippen molar-refractivity contribution in [2.45, 2.75) is 12.5 Å². The van der Waals surface area contributed by atoms with Crippen LogP contribution in [0, 0.1) is 5.92 Å². The van der Waals surface area contributed by atoms with Gasteiger partial charge in [-0.2, -0.15) is 0 Å². The fourth-order valence-electron chi connectivity index (χ4n) is 2.95. The highest BCUT2D eigenvalue weighted by molar-refractivity contribution is 5.80. The summed E-state index contributed by atoms with van der Waals surface area (Å²) in [4.78, 5) is 0. The van der Waals surface area contributed by atoms with Crippen LogP contribution in [0.3, 0.4) is 0 Å². The van der Waals surface area contributed by atoms with Gasteiger partial charge in [-0.1, -0.05) is 55.5 Å². The van der Waals surface area contributed by atoms with Gasteiger partial charge in [0.05, 0.1) is 0 Å². The summed E-state index contributed by atoms with van der Waals surface area (Å²) in [5, 5.41) is 11.2. The fraction of sp³-hybridized carbons (Fsp3) is 0.250. The zero-order chi connectivity index (χ0) is 12.8. The minimum atomic E-state index is -0.956. The molecule has 0 heterocycles. The lowest BCUT2D eigenvalue weighted by atomic mass is 9.80. The van der Waals surface area contributed by atoms with Gasteiger partial charge in [-0.15, -0.1) is 0 Å². The number of fused-ring (bicyclic) bond motifs is 3. The molecule has 18 heavy (non-hydrogen) atoms. The molecular formula is C16H17NO. The molecule has 1 aliphatic carbocycles. The van der Waals surface area contributed by atoms with Gasteiger partial charge in [-0.05, 0) is 28.8 Å². The molecule has 2 aromatic rings. The molecule has 3 N–H and O–H groups in total. The van der Waals surface area contributed by atoms with Crippen LogP contribution in [-0.2, 0) is 5.60 Å². The molecule has 0 bridgehead atoms. The fourth-order valence-corrected chi connectivity index (χ4v) is 2.95. The van der Waals surface area contributed by atoms with Crippen LogP contribution in [0.1, 0.15) is 18.1 Å². The molecule has 0 radical (unpaired) electrons. The topological polar surface area (TPSA) is 46.2 Å². The lowest BCUT2D eigenvalue weighted by molar-refractivity contribution is 0.0321. The summed E-state index contributed by atoms with van der Waals surface area (Å²) in [6.07, 6.45) is 0. The van der Waals surface area contributed by atoms with E-state index in [4.69, 9.17) is 5.73 Å². The second-order valence-corrected chi connectivity index (χ2v) is 4.99. The molecule has 0 fully saturated rings. The third-order valence-corrected chi connectivity index (χ3v) is 4.03. The number of benzene rings is 2.